The Morgan fingerprint density at radius 2 is 1.75 bits per heavy atom. The summed E-state index contributed by atoms with van der Waals surface area (Å²) in [7, 11) is 1.06. The van der Waals surface area contributed by atoms with E-state index in [1.165, 1.54) is 0 Å². The van der Waals surface area contributed by atoms with Gasteiger partial charge in [-0.25, -0.2) is 17.6 Å². The molecule has 0 saturated heterocycles. The van der Waals surface area contributed by atoms with Crippen molar-refractivity contribution in [3.63, 3.8) is 0 Å². The normalized spacial score (nSPS) is 10.1. The molecule has 0 radical (unpaired) electrons. The first-order valence-electron chi connectivity index (χ1n) is 4.11. The fourth-order valence-corrected chi connectivity index (χ4v) is 0.961. The molecule has 1 N–H and O–H groups in total. The standard InChI is InChI=1S/C9H7F4NO2/c1-16-6(15)3-14-9-7(12)4(10)2-5(11)8(9)13/h2,14H,3H2,1H3. The molecular weight excluding hydrogens is 230 g/mol. The average molecular weight is 237 g/mol. The second-order valence-corrected chi connectivity index (χ2v) is 2.77. The van der Waals surface area contributed by atoms with Crippen molar-refractivity contribution in [3.05, 3.63) is 29.3 Å². The highest BCUT2D eigenvalue weighted by Crippen LogP contribution is 2.23. The molecule has 0 unspecified atom stereocenters. The Kier molecular flexibility index (Phi) is 3.70. The Bertz CT molecular complexity index is 396. The summed E-state index contributed by atoms with van der Waals surface area (Å²) >= 11 is 0. The Morgan fingerprint density at radius 1 is 1.25 bits per heavy atom. The number of nitrogens with one attached hydrogen (secondary N) is 1. The molecule has 0 aliphatic heterocycles. The van der Waals surface area contributed by atoms with E-state index in [0.29, 0.717) is 0 Å². The zero-order chi connectivity index (χ0) is 12.3. The van der Waals surface area contributed by atoms with Crippen molar-refractivity contribution in [1.82, 2.24) is 0 Å². The molecule has 16 heavy (non-hydrogen) atoms. The van der Waals surface area contributed by atoms with E-state index in [0.717, 1.165) is 7.11 Å². The third kappa shape index (κ3) is 2.41. The number of hydrogen-bond acceptors (Lipinski definition) is 3. The Hall–Kier alpha value is -1.79. The van der Waals surface area contributed by atoms with Crippen molar-refractivity contribution in [2.75, 3.05) is 19.0 Å². The van der Waals surface area contributed by atoms with E-state index in [2.05, 4.69) is 4.74 Å². The number of benzene rings is 1. The maximum Gasteiger partial charge on any atom is 0.325 e. The van der Waals surface area contributed by atoms with Gasteiger partial charge in [0.15, 0.2) is 23.3 Å². The van der Waals surface area contributed by atoms with E-state index in [1.807, 2.05) is 5.32 Å². The SMILES string of the molecule is COC(=O)CNc1c(F)c(F)cc(F)c1F. The van der Waals surface area contributed by atoms with Crippen LogP contribution in [0.15, 0.2) is 6.07 Å². The van der Waals surface area contributed by atoms with Crippen LogP contribution in [0, 0.1) is 23.3 Å². The van der Waals surface area contributed by atoms with Crippen LogP contribution in [-0.4, -0.2) is 19.6 Å². The number of methoxy groups -OCH3 is 1. The third-order valence-electron chi connectivity index (χ3n) is 1.75. The lowest BCUT2D eigenvalue weighted by Gasteiger charge is -2.08. The van der Waals surface area contributed by atoms with Crippen molar-refractivity contribution in [2.24, 2.45) is 0 Å². The highest BCUT2D eigenvalue weighted by molar-refractivity contribution is 5.74. The van der Waals surface area contributed by atoms with Crippen molar-refractivity contribution >= 4 is 11.7 Å². The van der Waals surface area contributed by atoms with Crippen molar-refractivity contribution in [1.29, 1.82) is 0 Å². The van der Waals surface area contributed by atoms with E-state index in [9.17, 15) is 22.4 Å². The Morgan fingerprint density at radius 3 is 2.19 bits per heavy atom. The van der Waals surface area contributed by atoms with Crippen molar-refractivity contribution < 1.29 is 27.1 Å². The van der Waals surface area contributed by atoms with Gasteiger partial charge in [0.05, 0.1) is 7.11 Å². The molecule has 0 atom stereocenters. The number of esters is 1. The van der Waals surface area contributed by atoms with E-state index in [1.54, 1.807) is 0 Å². The van der Waals surface area contributed by atoms with Gasteiger partial charge in [-0.15, -0.1) is 0 Å². The van der Waals surface area contributed by atoms with E-state index in [4.69, 9.17) is 0 Å². The monoisotopic (exact) mass is 237 g/mol. The summed E-state index contributed by atoms with van der Waals surface area (Å²) in [6.45, 7) is -0.604. The first-order valence-corrected chi connectivity index (χ1v) is 4.11. The molecule has 0 fully saturated rings. The smallest absolute Gasteiger partial charge is 0.325 e. The third-order valence-corrected chi connectivity index (χ3v) is 1.75. The van der Waals surface area contributed by atoms with Crippen LogP contribution in [0.1, 0.15) is 0 Å². The molecule has 88 valence electrons. The van der Waals surface area contributed by atoms with Crippen LogP contribution in [0.3, 0.4) is 0 Å². The lowest BCUT2D eigenvalue weighted by molar-refractivity contribution is -0.138. The van der Waals surface area contributed by atoms with Gasteiger partial charge >= 0.3 is 5.97 Å². The van der Waals surface area contributed by atoms with Gasteiger partial charge in [0, 0.05) is 6.07 Å². The Labute approximate surface area is 88.0 Å². The fraction of sp³-hybridized carbons (Fsp3) is 0.222. The Balaban J connectivity index is 2.99. The molecule has 0 saturated carbocycles. The van der Waals surface area contributed by atoms with Gasteiger partial charge in [-0.3, -0.25) is 4.79 Å². The van der Waals surface area contributed by atoms with E-state index < -0.39 is 41.5 Å². The number of carbonyl (C=O) groups excluding carboxylic acids is 1. The molecule has 0 heterocycles. The maximum atomic E-state index is 13.0. The number of hydrogen-bond donors (Lipinski definition) is 1. The average Bonchev–Trinajstić information content (AvgIpc) is 2.26. The van der Waals surface area contributed by atoms with E-state index in [-0.39, 0.29) is 6.07 Å². The molecule has 1 aromatic rings. The zero-order valence-corrected chi connectivity index (χ0v) is 8.11. The summed E-state index contributed by atoms with van der Waals surface area (Å²) < 4.78 is 55.6. The first kappa shape index (κ1) is 12.3. The molecule has 1 rings (SSSR count). The zero-order valence-electron chi connectivity index (χ0n) is 8.11. The van der Waals surface area contributed by atoms with Gasteiger partial charge in [-0.05, 0) is 0 Å². The molecule has 0 aromatic heterocycles. The second-order valence-electron chi connectivity index (χ2n) is 2.77. The predicted octanol–water partition coefficient (Wildman–Crippen LogP) is 1.83. The second kappa shape index (κ2) is 4.82. The van der Waals surface area contributed by atoms with Crippen molar-refractivity contribution in [3.8, 4) is 0 Å². The molecule has 0 aliphatic carbocycles. The maximum absolute atomic E-state index is 13.0. The van der Waals surface area contributed by atoms with Crippen LogP contribution in [0.4, 0.5) is 23.2 Å². The van der Waals surface area contributed by atoms with Crippen LogP contribution in [0.25, 0.3) is 0 Å². The minimum atomic E-state index is -1.59. The number of anilines is 1. The minimum Gasteiger partial charge on any atom is -0.468 e. The van der Waals surface area contributed by atoms with Gasteiger partial charge < -0.3 is 10.1 Å². The fourth-order valence-electron chi connectivity index (χ4n) is 0.961. The van der Waals surface area contributed by atoms with Gasteiger partial charge in [-0.2, -0.15) is 0 Å². The van der Waals surface area contributed by atoms with Crippen LogP contribution in [0.2, 0.25) is 0 Å². The highest BCUT2D eigenvalue weighted by Gasteiger charge is 2.19. The first-order chi connectivity index (χ1) is 7.47. The number of halogens is 4. The van der Waals surface area contributed by atoms with Crippen LogP contribution in [0.5, 0.6) is 0 Å². The summed E-state index contributed by atoms with van der Waals surface area (Å²) in [6.07, 6.45) is 0. The molecule has 0 aliphatic rings. The van der Waals surface area contributed by atoms with Crippen molar-refractivity contribution in [2.45, 2.75) is 0 Å². The van der Waals surface area contributed by atoms with E-state index >= 15 is 0 Å². The highest BCUT2D eigenvalue weighted by atomic mass is 19.2. The number of ether oxygens (including phenoxy) is 1. The lowest BCUT2D eigenvalue weighted by atomic mass is 10.2. The summed E-state index contributed by atoms with van der Waals surface area (Å²) in [5, 5.41) is 1.91. The van der Waals surface area contributed by atoms with Crippen LogP contribution >= 0.6 is 0 Å². The minimum absolute atomic E-state index is 0.0774. The van der Waals surface area contributed by atoms with Gasteiger partial charge in [0.25, 0.3) is 0 Å². The molecule has 0 bridgehead atoms. The quantitative estimate of drug-likeness (QED) is 0.495. The number of carbonyl (C=O) groups is 1. The summed E-state index contributed by atoms with van der Waals surface area (Å²) in [4.78, 5) is 10.7. The topological polar surface area (TPSA) is 38.3 Å². The predicted molar refractivity (Wildman–Crippen MR) is 46.8 cm³/mol. The van der Waals surface area contributed by atoms with Crippen LogP contribution < -0.4 is 5.32 Å². The largest absolute Gasteiger partial charge is 0.468 e. The van der Waals surface area contributed by atoms with Crippen LogP contribution in [-0.2, 0) is 9.53 Å². The van der Waals surface area contributed by atoms with Gasteiger partial charge in [-0.1, -0.05) is 0 Å². The lowest BCUT2D eigenvalue weighted by Crippen LogP contribution is -2.17. The number of rotatable bonds is 3. The molecule has 1 aromatic carbocycles. The molecule has 3 nitrogen and oxygen atoms in total. The summed E-state index contributed by atoms with van der Waals surface area (Å²) in [5.74, 6) is -7.12. The summed E-state index contributed by atoms with van der Waals surface area (Å²) in [5.41, 5.74) is -1.04. The summed E-state index contributed by atoms with van der Waals surface area (Å²) in [6, 6.07) is 0.0774. The molecule has 7 heteroatoms. The molecular formula is C9H7F4NO2. The molecule has 0 spiro atoms. The molecule has 0 amide bonds. The van der Waals surface area contributed by atoms with Gasteiger partial charge in [0.2, 0.25) is 0 Å². The van der Waals surface area contributed by atoms with Gasteiger partial charge in [0.1, 0.15) is 12.2 Å².